The highest BCUT2D eigenvalue weighted by Gasteiger charge is 2.14. The predicted octanol–water partition coefficient (Wildman–Crippen LogP) is 6.68. The van der Waals surface area contributed by atoms with Crippen LogP contribution in [0.15, 0.2) is 84.2 Å². The number of benzene rings is 3. The average molecular weight is 457 g/mol. The fraction of sp³-hybridized carbons (Fsp3) is 0.214. The van der Waals surface area contributed by atoms with E-state index in [2.05, 4.69) is 36.7 Å². The number of aromatic nitrogens is 1. The second kappa shape index (κ2) is 10.5. The van der Waals surface area contributed by atoms with Crippen molar-refractivity contribution in [2.75, 3.05) is 0 Å². The van der Waals surface area contributed by atoms with Crippen LogP contribution >= 0.6 is 11.3 Å². The molecular weight excluding hydrogens is 428 g/mol. The molecule has 0 saturated carbocycles. The molecule has 33 heavy (non-hydrogen) atoms. The van der Waals surface area contributed by atoms with Crippen LogP contribution < -0.4 is 10.1 Å². The molecule has 1 unspecified atom stereocenters. The highest BCUT2D eigenvalue weighted by Crippen LogP contribution is 2.29. The van der Waals surface area contributed by atoms with Crippen LogP contribution in [0.5, 0.6) is 5.75 Å². The fourth-order valence-electron chi connectivity index (χ4n) is 3.43. The van der Waals surface area contributed by atoms with Crippen LogP contribution in [0.1, 0.15) is 37.8 Å². The number of nitrogens with one attached hydrogen (secondary N) is 1. The smallest absolute Gasteiger partial charge is 0.261 e. The number of nitrogens with zero attached hydrogens (tertiary/aromatic N) is 1. The summed E-state index contributed by atoms with van der Waals surface area (Å²) in [5.74, 6) is 1.02. The molecule has 1 N–H and O–H groups in total. The molecule has 1 amide bonds. The number of rotatable bonds is 8. The predicted molar refractivity (Wildman–Crippen MR) is 135 cm³/mol. The Labute approximate surface area is 199 Å². The number of hydrogen-bond donors (Lipinski definition) is 1. The van der Waals surface area contributed by atoms with Crippen LogP contribution in [0.4, 0.5) is 0 Å². The van der Waals surface area contributed by atoms with Crippen molar-refractivity contribution in [3.8, 4) is 27.6 Å². The van der Waals surface area contributed by atoms with Gasteiger partial charge in [0, 0.05) is 23.1 Å². The Hall–Kier alpha value is -3.44. The standard InChI is InChI=1S/C28H28N2O2S/c1-19(2)22-13-15-25(16-14-22)32-20(3)27(31)29-17-21-9-11-24(12-10-21)28-30-26(18-33-28)23-7-5-4-6-8-23/h4-16,18-20H,17H2,1-3H3,(H,29,31). The number of hydrogen-bond acceptors (Lipinski definition) is 4. The Morgan fingerprint density at radius 2 is 1.61 bits per heavy atom. The minimum Gasteiger partial charge on any atom is -0.481 e. The maximum Gasteiger partial charge on any atom is 0.261 e. The van der Waals surface area contributed by atoms with Gasteiger partial charge in [-0.15, -0.1) is 11.3 Å². The summed E-state index contributed by atoms with van der Waals surface area (Å²) in [6.07, 6.45) is -0.569. The molecule has 1 atom stereocenters. The van der Waals surface area contributed by atoms with Crippen molar-refractivity contribution in [3.05, 3.63) is 95.4 Å². The van der Waals surface area contributed by atoms with Gasteiger partial charge in [0.15, 0.2) is 6.10 Å². The quantitative estimate of drug-likeness (QED) is 0.322. The van der Waals surface area contributed by atoms with Gasteiger partial charge in [-0.05, 0) is 36.1 Å². The van der Waals surface area contributed by atoms with Crippen LogP contribution in [-0.2, 0) is 11.3 Å². The van der Waals surface area contributed by atoms with E-state index in [1.165, 1.54) is 5.56 Å². The SMILES string of the molecule is CC(Oc1ccc(C(C)C)cc1)C(=O)NCc1ccc(-c2nc(-c3ccccc3)cs2)cc1. The van der Waals surface area contributed by atoms with E-state index in [-0.39, 0.29) is 5.91 Å². The van der Waals surface area contributed by atoms with E-state index in [9.17, 15) is 4.79 Å². The number of carbonyl (C=O) groups excluding carboxylic acids is 1. The first-order valence-corrected chi connectivity index (χ1v) is 12.0. The number of carbonyl (C=O) groups is 1. The van der Waals surface area contributed by atoms with Crippen LogP contribution in [0, 0.1) is 0 Å². The van der Waals surface area contributed by atoms with E-state index in [0.717, 1.165) is 27.4 Å². The number of ether oxygens (including phenoxy) is 1. The maximum absolute atomic E-state index is 12.5. The maximum atomic E-state index is 12.5. The zero-order chi connectivity index (χ0) is 23.2. The number of thiazole rings is 1. The molecule has 0 aliphatic rings. The van der Waals surface area contributed by atoms with Crippen molar-refractivity contribution < 1.29 is 9.53 Å². The third-order valence-electron chi connectivity index (χ3n) is 5.47. The molecule has 4 aromatic rings. The van der Waals surface area contributed by atoms with Crippen LogP contribution in [-0.4, -0.2) is 17.0 Å². The summed E-state index contributed by atoms with van der Waals surface area (Å²) in [4.78, 5) is 17.2. The molecule has 0 fully saturated rings. The van der Waals surface area contributed by atoms with Gasteiger partial charge >= 0.3 is 0 Å². The summed E-state index contributed by atoms with van der Waals surface area (Å²) in [5.41, 5.74) is 5.45. The fourth-order valence-corrected chi connectivity index (χ4v) is 4.27. The minimum absolute atomic E-state index is 0.139. The van der Waals surface area contributed by atoms with E-state index < -0.39 is 6.10 Å². The van der Waals surface area contributed by atoms with E-state index >= 15 is 0 Å². The zero-order valence-corrected chi connectivity index (χ0v) is 19.9. The molecule has 168 valence electrons. The molecule has 5 heteroatoms. The normalized spacial score (nSPS) is 11.9. The molecule has 0 saturated heterocycles. The number of amides is 1. The van der Waals surface area contributed by atoms with Gasteiger partial charge in [0.05, 0.1) is 5.69 Å². The largest absolute Gasteiger partial charge is 0.481 e. The van der Waals surface area contributed by atoms with Crippen molar-refractivity contribution in [2.24, 2.45) is 0 Å². The monoisotopic (exact) mass is 456 g/mol. The van der Waals surface area contributed by atoms with Crippen molar-refractivity contribution in [3.63, 3.8) is 0 Å². The highest BCUT2D eigenvalue weighted by molar-refractivity contribution is 7.13. The Kier molecular flexibility index (Phi) is 7.20. The Bertz CT molecular complexity index is 1180. The summed E-state index contributed by atoms with van der Waals surface area (Å²) < 4.78 is 5.80. The lowest BCUT2D eigenvalue weighted by atomic mass is 10.0. The Balaban J connectivity index is 1.31. The highest BCUT2D eigenvalue weighted by atomic mass is 32.1. The van der Waals surface area contributed by atoms with Crippen LogP contribution in [0.2, 0.25) is 0 Å². The third kappa shape index (κ3) is 5.88. The van der Waals surface area contributed by atoms with Gasteiger partial charge in [-0.1, -0.05) is 80.6 Å². The molecule has 4 nitrogen and oxygen atoms in total. The second-order valence-corrected chi connectivity index (χ2v) is 9.16. The molecule has 1 aromatic heterocycles. The Morgan fingerprint density at radius 1 is 0.909 bits per heavy atom. The van der Waals surface area contributed by atoms with Crippen molar-refractivity contribution in [1.82, 2.24) is 10.3 Å². The summed E-state index contributed by atoms with van der Waals surface area (Å²) >= 11 is 1.63. The summed E-state index contributed by atoms with van der Waals surface area (Å²) in [7, 11) is 0. The van der Waals surface area contributed by atoms with Gasteiger partial charge in [0.2, 0.25) is 0 Å². The topological polar surface area (TPSA) is 51.2 Å². The first kappa shape index (κ1) is 22.7. The van der Waals surface area contributed by atoms with E-state index in [0.29, 0.717) is 18.2 Å². The first-order chi connectivity index (χ1) is 16.0. The molecule has 0 aliphatic heterocycles. The van der Waals surface area contributed by atoms with Crippen molar-refractivity contribution in [1.29, 1.82) is 0 Å². The van der Waals surface area contributed by atoms with Gasteiger partial charge < -0.3 is 10.1 Å². The van der Waals surface area contributed by atoms with E-state index in [1.807, 2.05) is 66.7 Å². The van der Waals surface area contributed by atoms with Crippen LogP contribution in [0.3, 0.4) is 0 Å². The molecular formula is C28H28N2O2S. The van der Waals surface area contributed by atoms with Gasteiger partial charge in [0.25, 0.3) is 5.91 Å². The molecule has 4 rings (SSSR count). The first-order valence-electron chi connectivity index (χ1n) is 11.1. The molecule has 0 bridgehead atoms. The third-order valence-corrected chi connectivity index (χ3v) is 6.36. The summed E-state index contributed by atoms with van der Waals surface area (Å²) in [5, 5.41) is 6.02. The van der Waals surface area contributed by atoms with Gasteiger partial charge in [-0.2, -0.15) is 0 Å². The lowest BCUT2D eigenvalue weighted by Gasteiger charge is -2.15. The summed E-state index contributed by atoms with van der Waals surface area (Å²) in [6, 6.07) is 26.2. The second-order valence-electron chi connectivity index (χ2n) is 8.30. The van der Waals surface area contributed by atoms with E-state index in [1.54, 1.807) is 18.3 Å². The van der Waals surface area contributed by atoms with Gasteiger partial charge in [-0.3, -0.25) is 4.79 Å². The Morgan fingerprint density at radius 3 is 2.27 bits per heavy atom. The molecule has 3 aromatic carbocycles. The average Bonchev–Trinajstić information content (AvgIpc) is 3.34. The lowest BCUT2D eigenvalue weighted by Crippen LogP contribution is -2.35. The molecule has 0 radical (unpaired) electrons. The summed E-state index contributed by atoms with van der Waals surface area (Å²) in [6.45, 7) is 6.52. The molecule has 1 heterocycles. The lowest BCUT2D eigenvalue weighted by molar-refractivity contribution is -0.127. The molecule has 0 aliphatic carbocycles. The van der Waals surface area contributed by atoms with Crippen molar-refractivity contribution in [2.45, 2.75) is 39.3 Å². The van der Waals surface area contributed by atoms with E-state index in [4.69, 9.17) is 9.72 Å². The zero-order valence-electron chi connectivity index (χ0n) is 19.1. The van der Waals surface area contributed by atoms with Gasteiger partial charge in [0.1, 0.15) is 10.8 Å². The van der Waals surface area contributed by atoms with Crippen LogP contribution in [0.25, 0.3) is 21.8 Å². The van der Waals surface area contributed by atoms with Gasteiger partial charge in [-0.25, -0.2) is 4.98 Å². The minimum atomic E-state index is -0.569. The van der Waals surface area contributed by atoms with Crippen molar-refractivity contribution >= 4 is 17.2 Å². The molecule has 0 spiro atoms.